The Labute approximate surface area is 166 Å². The number of amides is 4. The van der Waals surface area contributed by atoms with Crippen molar-refractivity contribution in [3.8, 4) is 0 Å². The Morgan fingerprint density at radius 1 is 1.14 bits per heavy atom. The lowest BCUT2D eigenvalue weighted by Crippen LogP contribution is -2.49. The van der Waals surface area contributed by atoms with E-state index in [2.05, 4.69) is 24.5 Å². The van der Waals surface area contributed by atoms with E-state index >= 15 is 0 Å². The number of imide groups is 1. The zero-order valence-corrected chi connectivity index (χ0v) is 16.7. The van der Waals surface area contributed by atoms with Crippen LogP contribution in [0.2, 0.25) is 0 Å². The Morgan fingerprint density at radius 2 is 1.75 bits per heavy atom. The molecule has 2 aliphatic rings. The first-order valence-electron chi connectivity index (χ1n) is 10.1. The van der Waals surface area contributed by atoms with Crippen molar-refractivity contribution in [3.05, 3.63) is 35.4 Å². The molecule has 4 amide bonds. The molecule has 1 atom stereocenters. The molecule has 1 aromatic carbocycles. The maximum absolute atomic E-state index is 12.7. The van der Waals surface area contributed by atoms with Gasteiger partial charge in [0.2, 0.25) is 5.91 Å². The molecule has 7 heteroatoms. The van der Waals surface area contributed by atoms with Gasteiger partial charge in [-0.3, -0.25) is 14.5 Å². The number of urea groups is 1. The number of carbonyl (C=O) groups excluding carboxylic acids is 3. The number of rotatable bonds is 6. The zero-order chi connectivity index (χ0) is 20.3. The molecule has 1 unspecified atom stereocenters. The van der Waals surface area contributed by atoms with E-state index in [9.17, 15) is 14.4 Å². The van der Waals surface area contributed by atoms with Gasteiger partial charge in [0.15, 0.2) is 0 Å². The molecule has 0 bridgehead atoms. The van der Waals surface area contributed by atoms with Gasteiger partial charge in [-0.25, -0.2) is 4.79 Å². The molecule has 1 saturated heterocycles. The van der Waals surface area contributed by atoms with Crippen molar-refractivity contribution in [2.45, 2.75) is 63.5 Å². The molecule has 7 nitrogen and oxygen atoms in total. The smallest absolute Gasteiger partial charge is 0.325 e. The van der Waals surface area contributed by atoms with Crippen LogP contribution in [0.15, 0.2) is 24.3 Å². The monoisotopic (exact) mass is 386 g/mol. The summed E-state index contributed by atoms with van der Waals surface area (Å²) in [4.78, 5) is 38.3. The Bertz CT molecular complexity index is 739. The molecule has 28 heavy (non-hydrogen) atoms. The number of nitrogens with two attached hydrogens (primary N) is 1. The summed E-state index contributed by atoms with van der Waals surface area (Å²) in [5.74, 6) is -0.215. The molecule has 0 radical (unpaired) electrons. The van der Waals surface area contributed by atoms with Crippen molar-refractivity contribution in [2.75, 3.05) is 13.1 Å². The molecule has 1 aliphatic carbocycles. The molecule has 1 saturated carbocycles. The van der Waals surface area contributed by atoms with Crippen LogP contribution in [0.1, 0.15) is 69.0 Å². The molecule has 152 valence electrons. The zero-order valence-electron chi connectivity index (χ0n) is 16.7. The number of nitrogens with zero attached hydrogens (tertiary/aromatic N) is 1. The van der Waals surface area contributed by atoms with Gasteiger partial charge in [-0.05, 0) is 29.9 Å². The fraction of sp³-hybridized carbons (Fsp3) is 0.571. The number of hydrogen-bond acceptors (Lipinski definition) is 4. The first kappa shape index (κ1) is 20.3. The van der Waals surface area contributed by atoms with Crippen LogP contribution in [0.5, 0.6) is 0 Å². The fourth-order valence-electron chi connectivity index (χ4n) is 3.98. The van der Waals surface area contributed by atoms with E-state index < -0.39 is 11.6 Å². The van der Waals surface area contributed by atoms with Crippen LogP contribution < -0.4 is 16.4 Å². The van der Waals surface area contributed by atoms with Crippen molar-refractivity contribution >= 4 is 17.8 Å². The lowest BCUT2D eigenvalue weighted by atomic mass is 9.82. The summed E-state index contributed by atoms with van der Waals surface area (Å²) in [5, 5.41) is 5.55. The van der Waals surface area contributed by atoms with E-state index in [1.165, 1.54) is 5.56 Å². The molecule has 1 heterocycles. The molecule has 1 spiro atoms. The summed E-state index contributed by atoms with van der Waals surface area (Å²) in [6.45, 7) is 4.23. The average molecular weight is 386 g/mol. The normalized spacial score (nSPS) is 19.8. The van der Waals surface area contributed by atoms with E-state index in [1.807, 2.05) is 24.3 Å². The van der Waals surface area contributed by atoms with Crippen molar-refractivity contribution < 1.29 is 14.4 Å². The summed E-state index contributed by atoms with van der Waals surface area (Å²) in [5.41, 5.74) is 7.53. The second-order valence-electron chi connectivity index (χ2n) is 8.20. The van der Waals surface area contributed by atoms with Gasteiger partial charge in [0.25, 0.3) is 5.91 Å². The van der Waals surface area contributed by atoms with Crippen molar-refractivity contribution in [1.29, 1.82) is 0 Å². The average Bonchev–Trinajstić information content (AvgIpc) is 2.90. The Morgan fingerprint density at radius 3 is 2.36 bits per heavy atom. The molecule has 1 aliphatic heterocycles. The van der Waals surface area contributed by atoms with Crippen molar-refractivity contribution in [2.24, 2.45) is 5.73 Å². The van der Waals surface area contributed by atoms with E-state index in [-0.39, 0.29) is 30.9 Å². The van der Waals surface area contributed by atoms with Crippen molar-refractivity contribution in [3.63, 3.8) is 0 Å². The Kier molecular flexibility index (Phi) is 6.03. The molecule has 2 fully saturated rings. The maximum Gasteiger partial charge on any atom is 0.325 e. The van der Waals surface area contributed by atoms with Gasteiger partial charge in [0, 0.05) is 12.6 Å². The Balaban J connectivity index is 1.52. The van der Waals surface area contributed by atoms with Crippen molar-refractivity contribution in [1.82, 2.24) is 15.5 Å². The summed E-state index contributed by atoms with van der Waals surface area (Å²) < 4.78 is 0. The number of benzene rings is 1. The van der Waals surface area contributed by atoms with Gasteiger partial charge < -0.3 is 16.4 Å². The third-order valence-corrected chi connectivity index (χ3v) is 5.81. The third-order valence-electron chi connectivity index (χ3n) is 5.81. The molecular weight excluding hydrogens is 356 g/mol. The highest BCUT2D eigenvalue weighted by Crippen LogP contribution is 2.33. The van der Waals surface area contributed by atoms with E-state index in [0.29, 0.717) is 18.8 Å². The van der Waals surface area contributed by atoms with Gasteiger partial charge in [0.05, 0.1) is 0 Å². The van der Waals surface area contributed by atoms with E-state index in [1.54, 1.807) is 0 Å². The maximum atomic E-state index is 12.7. The minimum absolute atomic E-state index is 0.245. The van der Waals surface area contributed by atoms with Gasteiger partial charge in [-0.15, -0.1) is 0 Å². The topological polar surface area (TPSA) is 105 Å². The number of nitrogens with one attached hydrogen (secondary N) is 2. The van der Waals surface area contributed by atoms with Crippen LogP contribution in [0.4, 0.5) is 4.79 Å². The Hall–Kier alpha value is -2.41. The van der Waals surface area contributed by atoms with Gasteiger partial charge >= 0.3 is 6.03 Å². The predicted octanol–water partition coefficient (Wildman–Crippen LogP) is 2.18. The predicted molar refractivity (Wildman–Crippen MR) is 107 cm³/mol. The summed E-state index contributed by atoms with van der Waals surface area (Å²) >= 11 is 0. The van der Waals surface area contributed by atoms with E-state index in [4.69, 9.17) is 5.73 Å². The van der Waals surface area contributed by atoms with Crippen LogP contribution in [0, 0.1) is 0 Å². The lowest BCUT2D eigenvalue weighted by molar-refractivity contribution is -0.135. The van der Waals surface area contributed by atoms with Gasteiger partial charge in [-0.1, -0.05) is 57.4 Å². The highest BCUT2D eigenvalue weighted by atomic mass is 16.2. The fourth-order valence-corrected chi connectivity index (χ4v) is 3.98. The standard InChI is InChI=1S/C21H30N4O3/c1-14(2)15-6-8-16(9-7-15)17(22)12-23-18(26)13-25-19(27)21(24-20(25)28)10-4-3-5-11-21/h6-9,14,17H,3-5,10-13,22H2,1-2H3,(H,23,26)(H,24,28). The largest absolute Gasteiger partial charge is 0.353 e. The SMILES string of the molecule is CC(C)c1ccc(C(N)CNC(=O)CN2C(=O)NC3(CCCCC3)C2=O)cc1. The molecule has 4 N–H and O–H groups in total. The highest BCUT2D eigenvalue weighted by molar-refractivity contribution is 6.09. The van der Waals surface area contributed by atoms with Gasteiger partial charge in [0.1, 0.15) is 12.1 Å². The molecular formula is C21H30N4O3. The molecule has 3 rings (SSSR count). The quantitative estimate of drug-likeness (QED) is 0.652. The second-order valence-corrected chi connectivity index (χ2v) is 8.20. The first-order chi connectivity index (χ1) is 13.3. The van der Waals surface area contributed by atoms with Crippen LogP contribution in [-0.2, 0) is 9.59 Å². The third kappa shape index (κ3) is 4.19. The first-order valence-corrected chi connectivity index (χ1v) is 10.1. The van der Waals surface area contributed by atoms with Crippen LogP contribution in [-0.4, -0.2) is 41.4 Å². The van der Waals surface area contributed by atoms with Gasteiger partial charge in [-0.2, -0.15) is 0 Å². The summed E-state index contributed by atoms with van der Waals surface area (Å²) in [6.07, 6.45) is 4.19. The molecule has 0 aromatic heterocycles. The minimum atomic E-state index is -0.801. The van der Waals surface area contributed by atoms with E-state index in [0.717, 1.165) is 29.7 Å². The summed E-state index contributed by atoms with van der Waals surface area (Å²) in [6, 6.07) is 7.19. The molecule has 1 aromatic rings. The number of hydrogen-bond donors (Lipinski definition) is 3. The van der Waals surface area contributed by atoms with Crippen LogP contribution in [0.3, 0.4) is 0 Å². The second kappa shape index (κ2) is 8.31. The summed E-state index contributed by atoms with van der Waals surface area (Å²) in [7, 11) is 0. The van der Waals surface area contributed by atoms with Crippen LogP contribution >= 0.6 is 0 Å². The highest BCUT2D eigenvalue weighted by Gasteiger charge is 2.51. The minimum Gasteiger partial charge on any atom is -0.353 e. The lowest BCUT2D eigenvalue weighted by Gasteiger charge is -2.30. The van der Waals surface area contributed by atoms with Crippen LogP contribution in [0.25, 0.3) is 0 Å². The number of carbonyl (C=O) groups is 3.